The number of aliphatic hydroxyl groups excluding tert-OH is 1. The summed E-state index contributed by atoms with van der Waals surface area (Å²) in [5.41, 5.74) is 0.910. The number of rotatable bonds is 8. The summed E-state index contributed by atoms with van der Waals surface area (Å²) in [6.45, 7) is 1.78. The molecule has 0 amide bonds. The van der Waals surface area contributed by atoms with Gasteiger partial charge in [0.25, 0.3) is 0 Å². The molecule has 1 rings (SSSR count). The van der Waals surface area contributed by atoms with Crippen molar-refractivity contribution >= 4 is 9.84 Å². The quantitative estimate of drug-likeness (QED) is 0.798. The first kappa shape index (κ1) is 16.1. The third-order valence-electron chi connectivity index (χ3n) is 3.05. The lowest BCUT2D eigenvalue weighted by atomic mass is 9.98. The Kier molecular flexibility index (Phi) is 6.45. The molecule has 0 fully saturated rings. The van der Waals surface area contributed by atoms with E-state index >= 15 is 0 Å². The van der Waals surface area contributed by atoms with Gasteiger partial charge in [0.2, 0.25) is 0 Å². The minimum atomic E-state index is -3.01. The number of halogens is 1. The molecule has 5 heteroatoms. The molecule has 1 aromatic carbocycles. The minimum Gasteiger partial charge on any atom is -0.396 e. The topological polar surface area (TPSA) is 54.4 Å². The van der Waals surface area contributed by atoms with Crippen molar-refractivity contribution < 1.29 is 17.9 Å². The fourth-order valence-electron chi connectivity index (χ4n) is 1.97. The van der Waals surface area contributed by atoms with Gasteiger partial charge < -0.3 is 5.11 Å². The van der Waals surface area contributed by atoms with Gasteiger partial charge in [-0.15, -0.1) is 0 Å². The van der Waals surface area contributed by atoms with Crippen LogP contribution in [-0.2, 0) is 16.3 Å². The molecule has 0 aromatic heterocycles. The number of aliphatic hydroxyl groups is 1. The van der Waals surface area contributed by atoms with Crippen LogP contribution in [-0.4, -0.2) is 31.6 Å². The molecular weight excluding hydrogens is 267 g/mol. The molecule has 1 unspecified atom stereocenters. The maximum absolute atomic E-state index is 12.8. The van der Waals surface area contributed by atoms with Gasteiger partial charge in [-0.25, -0.2) is 12.8 Å². The van der Waals surface area contributed by atoms with E-state index in [1.165, 1.54) is 12.1 Å². The van der Waals surface area contributed by atoms with Crippen molar-refractivity contribution in [2.24, 2.45) is 5.92 Å². The van der Waals surface area contributed by atoms with E-state index in [4.69, 9.17) is 0 Å². The molecule has 108 valence electrons. The first-order valence-corrected chi connectivity index (χ1v) is 8.34. The van der Waals surface area contributed by atoms with E-state index in [-0.39, 0.29) is 29.8 Å². The molecule has 0 radical (unpaired) electrons. The summed E-state index contributed by atoms with van der Waals surface area (Å²) in [6.07, 6.45) is 1.62. The van der Waals surface area contributed by atoms with Crippen LogP contribution >= 0.6 is 0 Å². The Bertz CT molecular complexity index is 468. The third kappa shape index (κ3) is 6.16. The van der Waals surface area contributed by atoms with Crippen LogP contribution in [0.5, 0.6) is 0 Å². The van der Waals surface area contributed by atoms with Crippen LogP contribution in [0, 0.1) is 11.7 Å². The van der Waals surface area contributed by atoms with Crippen LogP contribution in [0.4, 0.5) is 4.39 Å². The molecule has 0 saturated carbocycles. The van der Waals surface area contributed by atoms with Crippen LogP contribution < -0.4 is 0 Å². The first-order chi connectivity index (χ1) is 8.96. The molecule has 0 aliphatic rings. The summed E-state index contributed by atoms with van der Waals surface area (Å²) in [7, 11) is -3.01. The van der Waals surface area contributed by atoms with Gasteiger partial charge in [0, 0.05) is 12.4 Å². The van der Waals surface area contributed by atoms with Crippen molar-refractivity contribution in [3.8, 4) is 0 Å². The van der Waals surface area contributed by atoms with E-state index in [0.29, 0.717) is 19.3 Å². The Hall–Kier alpha value is -0.940. The maximum Gasteiger partial charge on any atom is 0.150 e. The molecule has 3 nitrogen and oxygen atoms in total. The lowest BCUT2D eigenvalue weighted by Crippen LogP contribution is -2.18. The summed E-state index contributed by atoms with van der Waals surface area (Å²) in [5, 5.41) is 9.30. The monoisotopic (exact) mass is 288 g/mol. The van der Waals surface area contributed by atoms with Gasteiger partial charge in [-0.05, 0) is 42.9 Å². The van der Waals surface area contributed by atoms with Crippen molar-refractivity contribution in [1.29, 1.82) is 0 Å². The highest BCUT2D eigenvalue weighted by Crippen LogP contribution is 2.14. The highest BCUT2D eigenvalue weighted by atomic mass is 32.2. The van der Waals surface area contributed by atoms with Crippen LogP contribution in [0.3, 0.4) is 0 Å². The smallest absolute Gasteiger partial charge is 0.150 e. The normalized spacial score (nSPS) is 13.4. The summed E-state index contributed by atoms with van der Waals surface area (Å²) in [6, 6.07) is 6.08. The van der Waals surface area contributed by atoms with Crippen molar-refractivity contribution in [2.45, 2.75) is 26.2 Å². The van der Waals surface area contributed by atoms with E-state index in [9.17, 15) is 17.9 Å². The fourth-order valence-corrected chi connectivity index (χ4v) is 3.49. The zero-order valence-corrected chi connectivity index (χ0v) is 12.0. The number of sulfone groups is 1. The standard InChI is InChI=1S/C14H21FO3S/c1-2-8-19(17,18)9-7-13(11-16)10-12-3-5-14(15)6-4-12/h3-6,13,16H,2,7-11H2,1H3. The Balaban J connectivity index is 2.52. The predicted molar refractivity (Wildman–Crippen MR) is 74.2 cm³/mol. The van der Waals surface area contributed by atoms with Gasteiger partial charge in [-0.3, -0.25) is 0 Å². The Morgan fingerprint density at radius 1 is 1.21 bits per heavy atom. The molecule has 0 aliphatic heterocycles. The van der Waals surface area contributed by atoms with Crippen molar-refractivity contribution in [3.63, 3.8) is 0 Å². The van der Waals surface area contributed by atoms with Gasteiger partial charge in [0.15, 0.2) is 0 Å². The zero-order valence-electron chi connectivity index (χ0n) is 11.2. The Labute approximate surface area is 114 Å². The number of benzene rings is 1. The minimum absolute atomic E-state index is 0.0565. The molecule has 1 atom stereocenters. The summed E-state index contributed by atoms with van der Waals surface area (Å²) < 4.78 is 36.0. The van der Waals surface area contributed by atoms with Gasteiger partial charge in [-0.2, -0.15) is 0 Å². The molecule has 1 N–H and O–H groups in total. The first-order valence-electron chi connectivity index (χ1n) is 6.52. The molecule has 0 aliphatic carbocycles. The SMILES string of the molecule is CCCS(=O)(=O)CCC(CO)Cc1ccc(F)cc1. The van der Waals surface area contributed by atoms with Gasteiger partial charge in [-0.1, -0.05) is 19.1 Å². The van der Waals surface area contributed by atoms with E-state index in [0.717, 1.165) is 5.56 Å². The number of hydrogen-bond acceptors (Lipinski definition) is 3. The molecule has 0 spiro atoms. The summed E-state index contributed by atoms with van der Waals surface area (Å²) >= 11 is 0. The molecule has 0 bridgehead atoms. The predicted octanol–water partition coefficient (Wildman–Crippen LogP) is 2.19. The van der Waals surface area contributed by atoms with Gasteiger partial charge in [0.1, 0.15) is 15.7 Å². The van der Waals surface area contributed by atoms with E-state index in [1.54, 1.807) is 12.1 Å². The van der Waals surface area contributed by atoms with Crippen LogP contribution in [0.2, 0.25) is 0 Å². The zero-order chi connectivity index (χ0) is 14.3. The van der Waals surface area contributed by atoms with Crippen molar-refractivity contribution in [1.82, 2.24) is 0 Å². The van der Waals surface area contributed by atoms with Gasteiger partial charge in [0.05, 0.1) is 5.75 Å². The Morgan fingerprint density at radius 3 is 2.37 bits per heavy atom. The second-order valence-electron chi connectivity index (χ2n) is 4.82. The Morgan fingerprint density at radius 2 is 1.84 bits per heavy atom. The van der Waals surface area contributed by atoms with Crippen LogP contribution in [0.1, 0.15) is 25.3 Å². The van der Waals surface area contributed by atoms with E-state index in [2.05, 4.69) is 0 Å². The van der Waals surface area contributed by atoms with Gasteiger partial charge >= 0.3 is 0 Å². The molecule has 0 saturated heterocycles. The third-order valence-corrected chi connectivity index (χ3v) is 4.94. The van der Waals surface area contributed by atoms with Crippen LogP contribution in [0.25, 0.3) is 0 Å². The highest BCUT2D eigenvalue weighted by Gasteiger charge is 2.15. The molecular formula is C14H21FO3S. The second kappa shape index (κ2) is 7.60. The largest absolute Gasteiger partial charge is 0.396 e. The van der Waals surface area contributed by atoms with Crippen molar-refractivity contribution in [3.05, 3.63) is 35.6 Å². The summed E-state index contributed by atoms with van der Waals surface area (Å²) in [4.78, 5) is 0. The van der Waals surface area contributed by atoms with E-state index in [1.807, 2.05) is 6.92 Å². The average molecular weight is 288 g/mol. The van der Waals surface area contributed by atoms with Crippen molar-refractivity contribution in [2.75, 3.05) is 18.1 Å². The van der Waals surface area contributed by atoms with E-state index < -0.39 is 9.84 Å². The lowest BCUT2D eigenvalue weighted by Gasteiger charge is -2.14. The number of hydrogen-bond donors (Lipinski definition) is 1. The second-order valence-corrected chi connectivity index (χ2v) is 7.12. The lowest BCUT2D eigenvalue weighted by molar-refractivity contribution is 0.222. The maximum atomic E-state index is 12.8. The molecule has 1 aromatic rings. The summed E-state index contributed by atoms with van der Waals surface area (Å²) in [5.74, 6) is -0.0958. The molecule has 0 heterocycles. The molecule has 19 heavy (non-hydrogen) atoms. The fraction of sp³-hybridized carbons (Fsp3) is 0.571. The van der Waals surface area contributed by atoms with Crippen LogP contribution in [0.15, 0.2) is 24.3 Å². The average Bonchev–Trinajstić information content (AvgIpc) is 2.36. The highest BCUT2D eigenvalue weighted by molar-refractivity contribution is 7.91.